The minimum atomic E-state index is -0.288. The zero-order valence-corrected chi connectivity index (χ0v) is 23.2. The first-order valence-corrected chi connectivity index (χ1v) is 13.3. The monoisotopic (exact) mass is 540 g/mol. The number of methoxy groups -OCH3 is 1. The van der Waals surface area contributed by atoms with E-state index in [9.17, 15) is 9.18 Å². The van der Waals surface area contributed by atoms with Crippen molar-refractivity contribution in [3.63, 3.8) is 0 Å². The average Bonchev–Trinajstić information content (AvgIpc) is 3.39. The summed E-state index contributed by atoms with van der Waals surface area (Å²) in [4.78, 5) is 18.6. The van der Waals surface area contributed by atoms with E-state index in [1.807, 2.05) is 37.3 Å². The van der Waals surface area contributed by atoms with Crippen molar-refractivity contribution in [2.75, 3.05) is 7.11 Å². The van der Waals surface area contributed by atoms with Crippen LogP contribution in [0.15, 0.2) is 71.5 Å². The van der Waals surface area contributed by atoms with Crippen LogP contribution < -0.4 is 10.3 Å². The zero-order chi connectivity index (χ0) is 28.2. The van der Waals surface area contributed by atoms with Gasteiger partial charge in [-0.1, -0.05) is 42.8 Å². The van der Waals surface area contributed by atoms with Crippen molar-refractivity contribution < 1.29 is 9.13 Å². The van der Waals surface area contributed by atoms with Gasteiger partial charge in [-0.25, -0.2) is 9.07 Å². The molecule has 2 heterocycles. The molecule has 0 bridgehead atoms. The van der Waals surface area contributed by atoms with Gasteiger partial charge in [0.25, 0.3) is 5.56 Å². The quantitative estimate of drug-likeness (QED) is 0.252. The second-order valence-corrected chi connectivity index (χ2v) is 10.2. The first-order valence-electron chi connectivity index (χ1n) is 13.3. The maximum absolute atomic E-state index is 13.5. The summed E-state index contributed by atoms with van der Waals surface area (Å²) in [5, 5.41) is 13.6. The molecular weight excluding hydrogens is 507 g/mol. The highest BCUT2D eigenvalue weighted by molar-refractivity contribution is 5.82. The number of nitrogens with zero attached hydrogens (tertiary/aromatic N) is 5. The summed E-state index contributed by atoms with van der Waals surface area (Å²) in [7, 11) is 1.64. The van der Waals surface area contributed by atoms with Crippen LogP contribution in [0.3, 0.4) is 0 Å². The number of nitrogens with one attached hydrogen (secondary N) is 1. The molecule has 1 atom stereocenters. The molecular formula is C31H33FN6O2. The van der Waals surface area contributed by atoms with E-state index in [0.717, 1.165) is 38.9 Å². The molecule has 0 fully saturated rings. The summed E-state index contributed by atoms with van der Waals surface area (Å²) in [6.45, 7) is 7.52. The largest absolute Gasteiger partial charge is 0.497 e. The van der Waals surface area contributed by atoms with Gasteiger partial charge in [-0.15, -0.1) is 5.10 Å². The highest BCUT2D eigenvalue weighted by atomic mass is 19.1. The number of benzene rings is 3. The van der Waals surface area contributed by atoms with Crippen LogP contribution >= 0.6 is 0 Å². The van der Waals surface area contributed by atoms with E-state index in [0.29, 0.717) is 37.4 Å². The molecule has 5 aromatic rings. The molecule has 0 unspecified atom stereocenters. The Balaban J connectivity index is 1.53. The second-order valence-electron chi connectivity index (χ2n) is 10.2. The third kappa shape index (κ3) is 5.94. The molecule has 3 aromatic carbocycles. The van der Waals surface area contributed by atoms with Crippen molar-refractivity contribution in [2.24, 2.45) is 0 Å². The third-order valence-electron chi connectivity index (χ3n) is 7.22. The van der Waals surface area contributed by atoms with Crippen molar-refractivity contribution in [3.8, 4) is 5.75 Å². The molecule has 2 aromatic heterocycles. The summed E-state index contributed by atoms with van der Waals surface area (Å²) in [5.74, 6) is 1.18. The van der Waals surface area contributed by atoms with Gasteiger partial charge in [-0.2, -0.15) is 0 Å². The Bertz CT molecular complexity index is 1660. The Kier molecular flexibility index (Phi) is 8.02. The number of pyridine rings is 1. The molecule has 0 aliphatic rings. The number of hydrogen-bond acceptors (Lipinski definition) is 6. The Morgan fingerprint density at radius 1 is 1.00 bits per heavy atom. The fourth-order valence-corrected chi connectivity index (χ4v) is 5.24. The summed E-state index contributed by atoms with van der Waals surface area (Å²) in [6.07, 6.45) is 0.712. The van der Waals surface area contributed by atoms with Crippen LogP contribution in [-0.4, -0.2) is 37.2 Å². The Hall–Kier alpha value is -4.37. The molecule has 0 aliphatic carbocycles. The molecule has 0 aliphatic heterocycles. The third-order valence-corrected chi connectivity index (χ3v) is 7.22. The number of hydrogen-bond donors (Lipinski definition) is 1. The zero-order valence-electron chi connectivity index (χ0n) is 23.2. The van der Waals surface area contributed by atoms with E-state index in [2.05, 4.69) is 51.4 Å². The molecule has 40 heavy (non-hydrogen) atoms. The minimum Gasteiger partial charge on any atom is -0.497 e. The van der Waals surface area contributed by atoms with E-state index in [1.54, 1.807) is 23.9 Å². The molecule has 9 heteroatoms. The lowest BCUT2D eigenvalue weighted by atomic mass is 10.0. The maximum Gasteiger partial charge on any atom is 0.252 e. The molecule has 5 rings (SSSR count). The number of H-pyrrole nitrogens is 1. The molecule has 0 radical (unpaired) electrons. The topological polar surface area (TPSA) is 88.9 Å². The summed E-state index contributed by atoms with van der Waals surface area (Å²) >= 11 is 0. The number of ether oxygens (including phenoxy) is 1. The van der Waals surface area contributed by atoms with E-state index in [4.69, 9.17) is 4.74 Å². The lowest BCUT2D eigenvalue weighted by Crippen LogP contribution is -2.32. The van der Waals surface area contributed by atoms with Gasteiger partial charge >= 0.3 is 0 Å². The van der Waals surface area contributed by atoms with E-state index < -0.39 is 0 Å². The molecule has 0 amide bonds. The minimum absolute atomic E-state index is 0.111. The van der Waals surface area contributed by atoms with Crippen LogP contribution in [0.4, 0.5) is 4.39 Å². The van der Waals surface area contributed by atoms with E-state index >= 15 is 0 Å². The Morgan fingerprint density at radius 2 is 1.73 bits per heavy atom. The first kappa shape index (κ1) is 27.2. The highest BCUT2D eigenvalue weighted by Crippen LogP contribution is 2.28. The number of aromatic nitrogens is 5. The van der Waals surface area contributed by atoms with Gasteiger partial charge in [0.05, 0.1) is 25.2 Å². The van der Waals surface area contributed by atoms with Gasteiger partial charge < -0.3 is 9.72 Å². The van der Waals surface area contributed by atoms with Gasteiger partial charge in [0.2, 0.25) is 0 Å². The Morgan fingerprint density at radius 3 is 2.42 bits per heavy atom. The van der Waals surface area contributed by atoms with E-state index in [1.165, 1.54) is 12.1 Å². The van der Waals surface area contributed by atoms with Gasteiger partial charge in [-0.3, -0.25) is 9.69 Å². The van der Waals surface area contributed by atoms with E-state index in [-0.39, 0.29) is 17.4 Å². The van der Waals surface area contributed by atoms with Crippen LogP contribution in [0.25, 0.3) is 10.9 Å². The standard InChI is InChI=1S/C31H33FN6O2/c1-5-28(30-34-35-36-38(30)18-23-6-10-26(32)11-7-23)37(17-22-8-12-27(40-4)13-9-22)19-25-16-24-15-20(2)14-21(3)29(24)33-31(25)39/h6-16,28H,5,17-19H2,1-4H3,(H,33,39)/t28-/m1/s1. The molecule has 206 valence electrons. The molecule has 0 saturated heterocycles. The van der Waals surface area contributed by atoms with Crippen LogP contribution in [0, 0.1) is 19.7 Å². The number of aryl methyl sites for hydroxylation is 2. The predicted octanol–water partition coefficient (Wildman–Crippen LogP) is 5.48. The fourth-order valence-electron chi connectivity index (χ4n) is 5.24. The SMILES string of the molecule is CC[C@H](c1nnnn1Cc1ccc(F)cc1)N(Cc1ccc(OC)cc1)Cc1cc2cc(C)cc(C)c2[nH]c1=O. The predicted molar refractivity (Wildman–Crippen MR) is 153 cm³/mol. The first-order chi connectivity index (χ1) is 19.3. The number of fused-ring (bicyclic) bond motifs is 1. The average molecular weight is 541 g/mol. The summed E-state index contributed by atoms with van der Waals surface area (Å²) in [6, 6.07) is 20.2. The maximum atomic E-state index is 13.5. The second kappa shape index (κ2) is 11.8. The van der Waals surface area contributed by atoms with Crippen LogP contribution in [0.5, 0.6) is 5.75 Å². The molecule has 8 nitrogen and oxygen atoms in total. The molecule has 0 spiro atoms. The van der Waals surface area contributed by atoms with Gasteiger partial charge in [0.1, 0.15) is 11.6 Å². The lowest BCUT2D eigenvalue weighted by Gasteiger charge is -2.30. The fraction of sp³-hybridized carbons (Fsp3) is 0.290. The number of aromatic amines is 1. The van der Waals surface area contributed by atoms with Crippen molar-refractivity contribution in [1.82, 2.24) is 30.1 Å². The number of rotatable bonds is 10. The van der Waals surface area contributed by atoms with Crippen molar-refractivity contribution in [2.45, 2.75) is 52.9 Å². The van der Waals surface area contributed by atoms with Crippen molar-refractivity contribution in [1.29, 1.82) is 0 Å². The highest BCUT2D eigenvalue weighted by Gasteiger charge is 2.26. The number of halogens is 1. The van der Waals surface area contributed by atoms with Crippen LogP contribution in [0.1, 0.15) is 53.0 Å². The van der Waals surface area contributed by atoms with Crippen molar-refractivity contribution in [3.05, 3.63) is 117 Å². The molecule has 0 saturated carbocycles. The normalized spacial score (nSPS) is 12.2. The van der Waals surface area contributed by atoms with Crippen LogP contribution in [-0.2, 0) is 19.6 Å². The van der Waals surface area contributed by atoms with Crippen molar-refractivity contribution >= 4 is 10.9 Å². The Labute approximate surface area is 232 Å². The summed E-state index contributed by atoms with van der Waals surface area (Å²) in [5.41, 5.74) is 5.56. The van der Waals surface area contributed by atoms with Gasteiger partial charge in [-0.05, 0) is 89.2 Å². The smallest absolute Gasteiger partial charge is 0.252 e. The van der Waals surface area contributed by atoms with Gasteiger partial charge in [0.15, 0.2) is 5.82 Å². The van der Waals surface area contributed by atoms with Gasteiger partial charge in [0, 0.05) is 18.7 Å². The van der Waals surface area contributed by atoms with Crippen LogP contribution in [0.2, 0.25) is 0 Å². The molecule has 1 N–H and O–H groups in total. The summed E-state index contributed by atoms with van der Waals surface area (Å²) < 4.78 is 20.6. The lowest BCUT2D eigenvalue weighted by molar-refractivity contribution is 0.161. The number of tetrazole rings is 1.